The van der Waals surface area contributed by atoms with Gasteiger partial charge in [-0.25, -0.2) is 13.1 Å². The van der Waals surface area contributed by atoms with Gasteiger partial charge in [0.1, 0.15) is 11.9 Å². The third-order valence-corrected chi connectivity index (χ3v) is 4.48. The first-order chi connectivity index (χ1) is 10.1. The maximum atomic E-state index is 12.0. The highest BCUT2D eigenvalue weighted by atomic mass is 32.2. The maximum absolute atomic E-state index is 12.0. The molecule has 1 N–H and O–H groups in total. The molecule has 1 heterocycles. The minimum Gasteiger partial charge on any atom is -0.467 e. The van der Waals surface area contributed by atoms with Crippen LogP contribution in [0.3, 0.4) is 0 Å². The van der Waals surface area contributed by atoms with E-state index in [1.54, 1.807) is 12.1 Å². The van der Waals surface area contributed by atoms with E-state index < -0.39 is 16.1 Å². The van der Waals surface area contributed by atoms with Crippen LogP contribution in [0.2, 0.25) is 0 Å². The zero-order chi connectivity index (χ0) is 15.1. The van der Waals surface area contributed by atoms with E-state index in [0.29, 0.717) is 12.2 Å². The topological polar surface area (TPSA) is 68.5 Å². The zero-order valence-electron chi connectivity index (χ0n) is 11.9. The molecule has 2 aromatic rings. The van der Waals surface area contributed by atoms with Crippen LogP contribution in [-0.4, -0.2) is 27.8 Å². The third kappa shape index (κ3) is 5.00. The van der Waals surface area contributed by atoms with E-state index in [4.69, 9.17) is 9.15 Å². The lowest BCUT2D eigenvalue weighted by atomic mass is 10.2. The number of hydrogen-bond donors (Lipinski definition) is 1. The standard InChI is InChI=1S/C15H19NO4S/c1-19-15(14-8-5-10-20-14)12-16-21(17,18)11-9-13-6-3-2-4-7-13/h2-8,10,15-16H,9,11-12H2,1H3/t15-/m0/s1. The Morgan fingerprint density at radius 2 is 1.95 bits per heavy atom. The average molecular weight is 309 g/mol. The van der Waals surface area contributed by atoms with E-state index >= 15 is 0 Å². The zero-order valence-corrected chi connectivity index (χ0v) is 12.7. The first-order valence-corrected chi connectivity index (χ1v) is 8.33. The van der Waals surface area contributed by atoms with Crippen molar-refractivity contribution in [3.8, 4) is 0 Å². The Kier molecular flexibility index (Phi) is 5.55. The molecular weight excluding hydrogens is 290 g/mol. The molecule has 0 unspecified atom stereocenters. The van der Waals surface area contributed by atoms with Gasteiger partial charge in [-0.15, -0.1) is 0 Å². The predicted octanol–water partition coefficient (Wildman–Crippen LogP) is 2.13. The van der Waals surface area contributed by atoms with E-state index in [9.17, 15) is 8.42 Å². The summed E-state index contributed by atoms with van der Waals surface area (Å²) >= 11 is 0. The fourth-order valence-corrected chi connectivity index (χ4v) is 3.00. The van der Waals surface area contributed by atoms with Gasteiger partial charge >= 0.3 is 0 Å². The van der Waals surface area contributed by atoms with Crippen molar-refractivity contribution in [2.45, 2.75) is 12.5 Å². The summed E-state index contributed by atoms with van der Waals surface area (Å²) in [7, 11) is -1.83. The van der Waals surface area contributed by atoms with Crippen molar-refractivity contribution in [3.05, 3.63) is 60.1 Å². The molecule has 0 aliphatic heterocycles. The highest BCUT2D eigenvalue weighted by Crippen LogP contribution is 2.16. The van der Waals surface area contributed by atoms with Crippen molar-refractivity contribution in [2.24, 2.45) is 0 Å². The Balaban J connectivity index is 1.86. The summed E-state index contributed by atoms with van der Waals surface area (Å²) < 4.78 is 37.0. The number of benzene rings is 1. The van der Waals surface area contributed by atoms with Crippen LogP contribution in [0.4, 0.5) is 0 Å². The maximum Gasteiger partial charge on any atom is 0.212 e. The number of hydrogen-bond acceptors (Lipinski definition) is 4. The van der Waals surface area contributed by atoms with E-state index in [0.717, 1.165) is 5.56 Å². The van der Waals surface area contributed by atoms with Gasteiger partial charge in [0.05, 0.1) is 12.0 Å². The van der Waals surface area contributed by atoms with Gasteiger partial charge in [0.2, 0.25) is 10.0 Å². The van der Waals surface area contributed by atoms with E-state index in [1.807, 2.05) is 30.3 Å². The lowest BCUT2D eigenvalue weighted by Gasteiger charge is -2.14. The van der Waals surface area contributed by atoms with Gasteiger partial charge in [-0.3, -0.25) is 0 Å². The van der Waals surface area contributed by atoms with Gasteiger partial charge in [-0.2, -0.15) is 0 Å². The average Bonchev–Trinajstić information content (AvgIpc) is 3.01. The van der Waals surface area contributed by atoms with Crippen LogP contribution in [0.5, 0.6) is 0 Å². The molecule has 114 valence electrons. The molecule has 1 aromatic carbocycles. The van der Waals surface area contributed by atoms with Crippen LogP contribution in [0.1, 0.15) is 17.4 Å². The van der Waals surface area contributed by atoms with Gasteiger partial charge in [-0.05, 0) is 24.1 Å². The molecule has 0 radical (unpaired) electrons. The molecule has 6 heteroatoms. The van der Waals surface area contributed by atoms with Gasteiger partial charge in [0.25, 0.3) is 0 Å². The molecule has 2 rings (SSSR count). The summed E-state index contributed by atoms with van der Waals surface area (Å²) in [6.45, 7) is 0.154. The van der Waals surface area contributed by atoms with Crippen molar-refractivity contribution in [3.63, 3.8) is 0 Å². The van der Waals surface area contributed by atoms with E-state index in [-0.39, 0.29) is 12.3 Å². The molecule has 0 fully saturated rings. The number of methoxy groups -OCH3 is 1. The molecule has 0 saturated carbocycles. The summed E-state index contributed by atoms with van der Waals surface area (Å²) in [5.41, 5.74) is 0.997. The molecular formula is C15H19NO4S. The van der Waals surface area contributed by atoms with Crippen molar-refractivity contribution in [1.82, 2.24) is 4.72 Å². The number of sulfonamides is 1. The van der Waals surface area contributed by atoms with Crippen molar-refractivity contribution >= 4 is 10.0 Å². The second-order valence-electron chi connectivity index (χ2n) is 4.64. The molecule has 21 heavy (non-hydrogen) atoms. The van der Waals surface area contributed by atoms with Gasteiger partial charge in [0, 0.05) is 13.7 Å². The number of ether oxygens (including phenoxy) is 1. The normalized spacial score (nSPS) is 13.2. The molecule has 0 bridgehead atoms. The van der Waals surface area contributed by atoms with Crippen molar-refractivity contribution in [2.75, 3.05) is 19.4 Å². The van der Waals surface area contributed by atoms with Crippen LogP contribution in [0.25, 0.3) is 0 Å². The Bertz CT molecular complexity index is 623. The van der Waals surface area contributed by atoms with Gasteiger partial charge in [0.15, 0.2) is 0 Å². The van der Waals surface area contributed by atoms with Crippen LogP contribution in [0, 0.1) is 0 Å². The van der Waals surface area contributed by atoms with E-state index in [1.165, 1.54) is 13.4 Å². The fourth-order valence-electron chi connectivity index (χ4n) is 1.95. The van der Waals surface area contributed by atoms with Gasteiger partial charge in [-0.1, -0.05) is 30.3 Å². The predicted molar refractivity (Wildman–Crippen MR) is 80.4 cm³/mol. The number of rotatable bonds is 8. The largest absolute Gasteiger partial charge is 0.467 e. The summed E-state index contributed by atoms with van der Waals surface area (Å²) in [6, 6.07) is 13.0. The molecule has 5 nitrogen and oxygen atoms in total. The summed E-state index contributed by atoms with van der Waals surface area (Å²) in [6.07, 6.45) is 1.59. The van der Waals surface area contributed by atoms with Crippen LogP contribution in [-0.2, 0) is 21.2 Å². The summed E-state index contributed by atoms with van der Waals surface area (Å²) in [5.74, 6) is 0.647. The molecule has 0 aliphatic carbocycles. The smallest absolute Gasteiger partial charge is 0.212 e. The Hall–Kier alpha value is -1.63. The van der Waals surface area contributed by atoms with E-state index in [2.05, 4.69) is 4.72 Å². The molecule has 1 aromatic heterocycles. The minimum atomic E-state index is -3.35. The summed E-state index contributed by atoms with van der Waals surface area (Å²) in [4.78, 5) is 0. The highest BCUT2D eigenvalue weighted by Gasteiger charge is 2.17. The number of furan rings is 1. The molecule has 0 amide bonds. The SMILES string of the molecule is CO[C@@H](CNS(=O)(=O)CCc1ccccc1)c1ccco1. The Morgan fingerprint density at radius 3 is 2.57 bits per heavy atom. The quantitative estimate of drug-likeness (QED) is 0.811. The fraction of sp³-hybridized carbons (Fsp3) is 0.333. The third-order valence-electron chi connectivity index (χ3n) is 3.14. The van der Waals surface area contributed by atoms with Gasteiger partial charge < -0.3 is 9.15 Å². The number of nitrogens with one attached hydrogen (secondary N) is 1. The second kappa shape index (κ2) is 7.40. The monoisotopic (exact) mass is 309 g/mol. The highest BCUT2D eigenvalue weighted by molar-refractivity contribution is 7.89. The van der Waals surface area contributed by atoms with Crippen LogP contribution >= 0.6 is 0 Å². The van der Waals surface area contributed by atoms with Crippen molar-refractivity contribution in [1.29, 1.82) is 0 Å². The summed E-state index contributed by atoms with van der Waals surface area (Å²) in [5, 5.41) is 0. The van der Waals surface area contributed by atoms with Crippen molar-refractivity contribution < 1.29 is 17.6 Å². The Labute approximate surface area is 125 Å². The lowest BCUT2D eigenvalue weighted by molar-refractivity contribution is 0.0878. The molecule has 0 saturated heterocycles. The van der Waals surface area contributed by atoms with Crippen LogP contribution in [0.15, 0.2) is 53.1 Å². The minimum absolute atomic E-state index is 0.0472. The first kappa shape index (κ1) is 15.8. The molecule has 0 spiro atoms. The number of aryl methyl sites for hydroxylation is 1. The second-order valence-corrected chi connectivity index (χ2v) is 6.57. The van der Waals surface area contributed by atoms with Crippen LogP contribution < -0.4 is 4.72 Å². The molecule has 1 atom stereocenters. The first-order valence-electron chi connectivity index (χ1n) is 6.68. The Morgan fingerprint density at radius 1 is 1.19 bits per heavy atom. The lowest BCUT2D eigenvalue weighted by Crippen LogP contribution is -2.31. The molecule has 0 aliphatic rings.